The molecule has 3 N–H and O–H groups in total. The lowest BCUT2D eigenvalue weighted by Crippen LogP contribution is -2.17. The van der Waals surface area contributed by atoms with Gasteiger partial charge in [0.05, 0.1) is 12.5 Å². The van der Waals surface area contributed by atoms with Gasteiger partial charge in [0, 0.05) is 11.3 Å². The molecule has 0 fully saturated rings. The molecule has 0 unspecified atom stereocenters. The smallest absolute Gasteiger partial charge is 0.271 e. The van der Waals surface area contributed by atoms with Gasteiger partial charge in [-0.2, -0.15) is 5.10 Å². The Balaban J connectivity index is 1.96. The van der Waals surface area contributed by atoms with Crippen molar-refractivity contribution in [2.24, 2.45) is 5.10 Å². The van der Waals surface area contributed by atoms with Crippen LogP contribution in [0.1, 0.15) is 16.1 Å². The minimum atomic E-state index is -0.298. The number of hydrogen-bond acceptors (Lipinski definition) is 4. The van der Waals surface area contributed by atoms with Crippen molar-refractivity contribution < 1.29 is 9.21 Å². The zero-order valence-corrected chi connectivity index (χ0v) is 8.96. The van der Waals surface area contributed by atoms with Crippen molar-refractivity contribution in [3.63, 3.8) is 0 Å². The molecule has 0 aliphatic rings. The molecule has 2 aromatic rings. The molecule has 0 bridgehead atoms. The normalized spacial score (nSPS) is 10.6. The predicted molar refractivity (Wildman–Crippen MR) is 64.6 cm³/mol. The number of carbonyl (C=O) groups is 1. The molecule has 0 aliphatic carbocycles. The van der Waals surface area contributed by atoms with Gasteiger partial charge in [-0.1, -0.05) is 0 Å². The van der Waals surface area contributed by atoms with Crippen LogP contribution in [0.25, 0.3) is 0 Å². The van der Waals surface area contributed by atoms with Gasteiger partial charge in [-0.3, -0.25) is 4.79 Å². The van der Waals surface area contributed by atoms with Crippen LogP contribution in [0.3, 0.4) is 0 Å². The van der Waals surface area contributed by atoms with Crippen LogP contribution >= 0.6 is 0 Å². The predicted octanol–water partition coefficient (Wildman–Crippen LogP) is 1.63. The molecule has 17 heavy (non-hydrogen) atoms. The Labute approximate surface area is 97.9 Å². The fourth-order valence-corrected chi connectivity index (χ4v) is 1.22. The summed E-state index contributed by atoms with van der Waals surface area (Å²) in [6.45, 7) is 0. The number of amides is 1. The number of hydrogen-bond donors (Lipinski definition) is 2. The quantitative estimate of drug-likeness (QED) is 0.476. The molecular weight excluding hydrogens is 218 g/mol. The van der Waals surface area contributed by atoms with Gasteiger partial charge in [0.2, 0.25) is 0 Å². The highest BCUT2D eigenvalue weighted by Crippen LogP contribution is 2.05. The number of hydrazone groups is 1. The Bertz CT molecular complexity index is 515. The van der Waals surface area contributed by atoms with Crippen LogP contribution in [-0.2, 0) is 0 Å². The van der Waals surface area contributed by atoms with E-state index in [4.69, 9.17) is 10.2 Å². The third-order valence-electron chi connectivity index (χ3n) is 2.07. The lowest BCUT2D eigenvalue weighted by atomic mass is 10.2. The number of nitrogen functional groups attached to an aromatic ring is 1. The third kappa shape index (κ3) is 2.94. The number of anilines is 1. The molecule has 1 aromatic carbocycles. The molecule has 0 saturated heterocycles. The van der Waals surface area contributed by atoms with Gasteiger partial charge in [0.25, 0.3) is 5.91 Å². The SMILES string of the molecule is Nc1ccc(C(=O)N/N=C\c2ccco2)cc1. The van der Waals surface area contributed by atoms with Crippen molar-refractivity contribution in [1.82, 2.24) is 5.43 Å². The summed E-state index contributed by atoms with van der Waals surface area (Å²) in [6.07, 6.45) is 2.96. The molecular formula is C12H11N3O2. The van der Waals surface area contributed by atoms with Gasteiger partial charge in [-0.15, -0.1) is 0 Å². The van der Waals surface area contributed by atoms with Gasteiger partial charge in [-0.25, -0.2) is 5.43 Å². The van der Waals surface area contributed by atoms with E-state index >= 15 is 0 Å². The number of furan rings is 1. The molecule has 0 saturated carbocycles. The van der Waals surface area contributed by atoms with Crippen molar-refractivity contribution in [1.29, 1.82) is 0 Å². The van der Waals surface area contributed by atoms with Crippen LogP contribution in [0.2, 0.25) is 0 Å². The van der Waals surface area contributed by atoms with Crippen LogP contribution in [0, 0.1) is 0 Å². The second-order valence-electron chi connectivity index (χ2n) is 3.34. The van der Waals surface area contributed by atoms with Crippen molar-refractivity contribution in [3.8, 4) is 0 Å². The van der Waals surface area contributed by atoms with E-state index < -0.39 is 0 Å². The molecule has 0 atom stereocenters. The van der Waals surface area contributed by atoms with E-state index in [1.54, 1.807) is 36.4 Å². The van der Waals surface area contributed by atoms with E-state index in [9.17, 15) is 4.79 Å². The van der Waals surface area contributed by atoms with Gasteiger partial charge < -0.3 is 10.2 Å². The zero-order valence-electron chi connectivity index (χ0n) is 8.96. The van der Waals surface area contributed by atoms with E-state index in [2.05, 4.69) is 10.5 Å². The maximum Gasteiger partial charge on any atom is 0.271 e. The van der Waals surface area contributed by atoms with E-state index in [0.717, 1.165) is 0 Å². The van der Waals surface area contributed by atoms with E-state index in [1.807, 2.05) is 0 Å². The number of carbonyl (C=O) groups excluding carboxylic acids is 1. The first-order valence-corrected chi connectivity index (χ1v) is 4.98. The van der Waals surface area contributed by atoms with E-state index in [1.165, 1.54) is 12.5 Å². The molecule has 5 heteroatoms. The molecule has 0 aliphatic heterocycles. The topological polar surface area (TPSA) is 80.6 Å². The minimum Gasteiger partial charge on any atom is -0.463 e. The molecule has 0 radical (unpaired) electrons. The summed E-state index contributed by atoms with van der Waals surface area (Å²) in [5.74, 6) is 0.274. The van der Waals surface area contributed by atoms with Gasteiger partial charge in [-0.05, 0) is 36.4 Å². The zero-order chi connectivity index (χ0) is 12.1. The minimum absolute atomic E-state index is 0.298. The Morgan fingerprint density at radius 1 is 1.29 bits per heavy atom. The second-order valence-corrected chi connectivity index (χ2v) is 3.34. The monoisotopic (exact) mass is 229 g/mol. The largest absolute Gasteiger partial charge is 0.463 e. The maximum atomic E-state index is 11.6. The first-order valence-electron chi connectivity index (χ1n) is 4.98. The number of nitrogens with one attached hydrogen (secondary N) is 1. The Hall–Kier alpha value is -2.56. The fourth-order valence-electron chi connectivity index (χ4n) is 1.22. The summed E-state index contributed by atoms with van der Waals surface area (Å²) in [7, 11) is 0. The average Bonchev–Trinajstić information content (AvgIpc) is 2.83. The standard InChI is InChI=1S/C12H11N3O2/c13-10-5-3-9(4-6-10)12(16)15-14-8-11-2-1-7-17-11/h1-8H,13H2,(H,15,16)/b14-8-. The number of rotatable bonds is 3. The summed E-state index contributed by atoms with van der Waals surface area (Å²) < 4.78 is 5.02. The van der Waals surface area contributed by atoms with Crippen molar-refractivity contribution in [2.45, 2.75) is 0 Å². The molecule has 2 rings (SSSR count). The first-order chi connectivity index (χ1) is 8.25. The molecule has 5 nitrogen and oxygen atoms in total. The summed E-state index contributed by atoms with van der Waals surface area (Å²) in [4.78, 5) is 11.6. The van der Waals surface area contributed by atoms with Gasteiger partial charge in [0.15, 0.2) is 0 Å². The Morgan fingerprint density at radius 3 is 2.71 bits per heavy atom. The van der Waals surface area contributed by atoms with Crippen molar-refractivity contribution >= 4 is 17.8 Å². The maximum absolute atomic E-state index is 11.6. The first kappa shape index (κ1) is 10.9. The number of nitrogens with two attached hydrogens (primary N) is 1. The highest BCUT2D eigenvalue weighted by Gasteiger charge is 2.02. The Kier molecular flexibility index (Phi) is 3.20. The molecule has 1 aromatic heterocycles. The van der Waals surface area contributed by atoms with Crippen LogP contribution in [0.15, 0.2) is 52.2 Å². The summed E-state index contributed by atoms with van der Waals surface area (Å²) in [6, 6.07) is 10.1. The summed E-state index contributed by atoms with van der Waals surface area (Å²) in [5.41, 5.74) is 9.01. The van der Waals surface area contributed by atoms with E-state index in [-0.39, 0.29) is 5.91 Å². The lowest BCUT2D eigenvalue weighted by Gasteiger charge is -1.99. The molecule has 1 heterocycles. The average molecular weight is 229 g/mol. The highest BCUT2D eigenvalue weighted by molar-refractivity contribution is 5.94. The van der Waals surface area contributed by atoms with Crippen molar-refractivity contribution in [3.05, 3.63) is 54.0 Å². The van der Waals surface area contributed by atoms with Gasteiger partial charge in [0.1, 0.15) is 5.76 Å². The Morgan fingerprint density at radius 2 is 2.06 bits per heavy atom. The molecule has 0 spiro atoms. The molecule has 86 valence electrons. The molecule has 1 amide bonds. The lowest BCUT2D eigenvalue weighted by molar-refractivity contribution is 0.0955. The number of nitrogens with zero attached hydrogens (tertiary/aromatic N) is 1. The van der Waals surface area contributed by atoms with Crippen LogP contribution in [0.4, 0.5) is 5.69 Å². The van der Waals surface area contributed by atoms with Crippen LogP contribution in [-0.4, -0.2) is 12.1 Å². The third-order valence-corrected chi connectivity index (χ3v) is 2.07. The van der Waals surface area contributed by atoms with Crippen LogP contribution < -0.4 is 11.2 Å². The number of benzene rings is 1. The fraction of sp³-hybridized carbons (Fsp3) is 0. The van der Waals surface area contributed by atoms with Gasteiger partial charge >= 0.3 is 0 Å². The summed E-state index contributed by atoms with van der Waals surface area (Å²) in [5, 5.41) is 3.76. The van der Waals surface area contributed by atoms with E-state index in [0.29, 0.717) is 17.0 Å². The highest BCUT2D eigenvalue weighted by atomic mass is 16.3. The second kappa shape index (κ2) is 4.98. The summed E-state index contributed by atoms with van der Waals surface area (Å²) >= 11 is 0. The van der Waals surface area contributed by atoms with Crippen LogP contribution in [0.5, 0.6) is 0 Å². The van der Waals surface area contributed by atoms with Crippen molar-refractivity contribution in [2.75, 3.05) is 5.73 Å².